The molecule has 0 saturated carbocycles. The van der Waals surface area contributed by atoms with Gasteiger partial charge in [0.25, 0.3) is 0 Å². The van der Waals surface area contributed by atoms with Gasteiger partial charge in [-0.05, 0) is 55.0 Å². The first-order chi connectivity index (χ1) is 10.5. The highest BCUT2D eigenvalue weighted by Gasteiger charge is 2.12. The van der Waals surface area contributed by atoms with Crippen LogP contribution in [0.5, 0.6) is 0 Å². The van der Waals surface area contributed by atoms with Crippen molar-refractivity contribution in [1.29, 1.82) is 16.2 Å². The highest BCUT2D eigenvalue weighted by molar-refractivity contribution is 6.49. The summed E-state index contributed by atoms with van der Waals surface area (Å²) in [5.41, 5.74) is 5.70. The largest absolute Gasteiger partial charge is 0.392 e. The van der Waals surface area contributed by atoms with E-state index in [4.69, 9.17) is 21.3 Å². The Bertz CT molecular complexity index is 684. The Morgan fingerprint density at radius 3 is 2.50 bits per heavy atom. The molecule has 4 N–H and O–H groups in total. The van der Waals surface area contributed by atoms with E-state index < -0.39 is 0 Å². The Morgan fingerprint density at radius 2 is 1.82 bits per heavy atom. The maximum atomic E-state index is 8.61. The highest BCUT2D eigenvalue weighted by atomic mass is 16.3. The summed E-state index contributed by atoms with van der Waals surface area (Å²) < 4.78 is 0. The maximum Gasteiger partial charge on any atom is 0.0792 e. The number of benzene rings is 1. The molecule has 2 aliphatic rings. The summed E-state index contributed by atoms with van der Waals surface area (Å²) in [5, 5.41) is 30.6. The maximum absolute atomic E-state index is 8.61. The van der Waals surface area contributed by atoms with Crippen molar-refractivity contribution >= 4 is 17.1 Å². The van der Waals surface area contributed by atoms with Gasteiger partial charge in [-0.25, -0.2) is 0 Å². The molecule has 0 heterocycles. The predicted molar refractivity (Wildman–Crippen MR) is 90.7 cm³/mol. The first kappa shape index (κ1) is 16.0. The fourth-order valence-electron chi connectivity index (χ4n) is 2.50. The molecule has 1 aromatic rings. The van der Waals surface area contributed by atoms with Crippen LogP contribution in [0.4, 0.5) is 0 Å². The topological polar surface area (TPSA) is 91.8 Å². The van der Waals surface area contributed by atoms with E-state index in [1.165, 1.54) is 28.8 Å². The SMILES string of the molecule is Cc1ccc2c(c1)CCCC2=N.N=C1C=CC(CO)=CC1=N. The van der Waals surface area contributed by atoms with Crippen LogP contribution in [0.25, 0.3) is 0 Å². The number of aliphatic hydroxyl groups excluding tert-OH is 1. The molecule has 0 unspecified atom stereocenters. The van der Waals surface area contributed by atoms with Crippen LogP contribution < -0.4 is 0 Å². The minimum absolute atomic E-state index is 0.0633. The van der Waals surface area contributed by atoms with Crippen molar-refractivity contribution in [3.63, 3.8) is 0 Å². The van der Waals surface area contributed by atoms with E-state index in [0.29, 0.717) is 5.57 Å². The summed E-state index contributed by atoms with van der Waals surface area (Å²) >= 11 is 0. The van der Waals surface area contributed by atoms with E-state index in [9.17, 15) is 0 Å². The van der Waals surface area contributed by atoms with Crippen LogP contribution in [0.1, 0.15) is 29.5 Å². The number of aliphatic hydroxyl groups is 1. The summed E-state index contributed by atoms with van der Waals surface area (Å²) in [7, 11) is 0. The molecule has 0 aromatic heterocycles. The Hall–Kier alpha value is -2.33. The van der Waals surface area contributed by atoms with Crippen molar-refractivity contribution in [2.75, 3.05) is 6.61 Å². The normalized spacial score (nSPS) is 16.6. The third-order valence-corrected chi connectivity index (χ3v) is 3.73. The van der Waals surface area contributed by atoms with Gasteiger partial charge in [0.2, 0.25) is 0 Å². The molecule has 0 spiro atoms. The summed E-state index contributed by atoms with van der Waals surface area (Å²) in [6, 6.07) is 6.40. The van der Waals surface area contributed by atoms with E-state index in [1.54, 1.807) is 6.08 Å². The van der Waals surface area contributed by atoms with Gasteiger partial charge in [-0.15, -0.1) is 0 Å². The lowest BCUT2D eigenvalue weighted by molar-refractivity contribution is 0.335. The van der Waals surface area contributed by atoms with Crippen molar-refractivity contribution in [3.05, 3.63) is 58.7 Å². The number of aryl methyl sites for hydroxylation is 2. The fraction of sp³-hybridized carbons (Fsp3) is 0.278. The van der Waals surface area contributed by atoms with Gasteiger partial charge in [0.15, 0.2) is 0 Å². The number of fused-ring (bicyclic) bond motifs is 1. The Morgan fingerprint density at radius 1 is 1.05 bits per heavy atom. The van der Waals surface area contributed by atoms with Crippen LogP contribution in [0.2, 0.25) is 0 Å². The number of nitrogens with one attached hydrogen (secondary N) is 3. The minimum Gasteiger partial charge on any atom is -0.392 e. The van der Waals surface area contributed by atoms with Crippen molar-refractivity contribution in [1.82, 2.24) is 0 Å². The van der Waals surface area contributed by atoms with Crippen molar-refractivity contribution in [3.8, 4) is 0 Å². The van der Waals surface area contributed by atoms with Crippen LogP contribution in [0.3, 0.4) is 0 Å². The Balaban J connectivity index is 0.000000164. The molecule has 0 amide bonds. The molecule has 4 nitrogen and oxygen atoms in total. The van der Waals surface area contributed by atoms with Crippen molar-refractivity contribution < 1.29 is 5.11 Å². The third-order valence-electron chi connectivity index (χ3n) is 3.73. The second-order valence-corrected chi connectivity index (χ2v) is 5.53. The molecule has 4 heteroatoms. The third kappa shape index (κ3) is 3.86. The molecule has 2 aliphatic carbocycles. The fourth-order valence-corrected chi connectivity index (χ4v) is 2.50. The molecule has 0 radical (unpaired) electrons. The minimum atomic E-state index is -0.0633. The molecule has 0 aliphatic heterocycles. The van der Waals surface area contributed by atoms with Crippen LogP contribution in [0.15, 0.2) is 42.0 Å². The summed E-state index contributed by atoms with van der Waals surface area (Å²) in [6.45, 7) is 2.05. The number of hydrogen-bond acceptors (Lipinski definition) is 4. The predicted octanol–water partition coefficient (Wildman–Crippen LogP) is 3.21. The summed E-state index contributed by atoms with van der Waals surface area (Å²) in [4.78, 5) is 0. The van der Waals surface area contributed by atoms with E-state index in [-0.39, 0.29) is 18.0 Å². The van der Waals surface area contributed by atoms with Gasteiger partial charge < -0.3 is 10.5 Å². The van der Waals surface area contributed by atoms with E-state index in [2.05, 4.69) is 25.1 Å². The van der Waals surface area contributed by atoms with Gasteiger partial charge in [0.1, 0.15) is 0 Å². The van der Waals surface area contributed by atoms with E-state index in [1.807, 2.05) is 0 Å². The average molecular weight is 295 g/mol. The second kappa shape index (κ2) is 7.09. The van der Waals surface area contributed by atoms with Crippen LogP contribution in [-0.4, -0.2) is 28.8 Å². The van der Waals surface area contributed by atoms with Crippen molar-refractivity contribution in [2.24, 2.45) is 0 Å². The zero-order valence-electron chi connectivity index (χ0n) is 12.7. The lowest BCUT2D eigenvalue weighted by atomic mass is 9.89. The van der Waals surface area contributed by atoms with Crippen LogP contribution in [0, 0.1) is 23.2 Å². The van der Waals surface area contributed by atoms with Crippen LogP contribution in [-0.2, 0) is 6.42 Å². The molecule has 1 aromatic carbocycles. The summed E-state index contributed by atoms with van der Waals surface area (Å²) in [5.74, 6) is 0. The zero-order chi connectivity index (χ0) is 16.1. The molecule has 0 saturated heterocycles. The molecule has 114 valence electrons. The number of rotatable bonds is 1. The first-order valence-electron chi connectivity index (χ1n) is 7.35. The standard InChI is InChI=1S/C11H13N.C7H8N2O/c1-8-5-6-10-9(7-8)3-2-4-11(10)12;8-6-2-1-5(4-10)3-7(6)9/h5-7,12H,2-4H2,1H3;1-3,8-10H,4H2. The Labute approximate surface area is 130 Å². The van der Waals surface area contributed by atoms with E-state index >= 15 is 0 Å². The first-order valence-corrected chi connectivity index (χ1v) is 7.35. The molecular formula is C18H21N3O. The lowest BCUT2D eigenvalue weighted by Gasteiger charge is -2.16. The quantitative estimate of drug-likeness (QED) is 0.589. The average Bonchev–Trinajstić information content (AvgIpc) is 2.51. The zero-order valence-corrected chi connectivity index (χ0v) is 12.7. The highest BCUT2D eigenvalue weighted by Crippen LogP contribution is 2.21. The molecule has 0 atom stereocenters. The smallest absolute Gasteiger partial charge is 0.0792 e. The summed E-state index contributed by atoms with van der Waals surface area (Å²) in [6.07, 6.45) is 7.89. The second-order valence-electron chi connectivity index (χ2n) is 5.53. The van der Waals surface area contributed by atoms with Gasteiger partial charge in [0.05, 0.1) is 18.0 Å². The monoisotopic (exact) mass is 295 g/mol. The lowest BCUT2D eigenvalue weighted by Crippen LogP contribution is -2.11. The van der Waals surface area contributed by atoms with Gasteiger partial charge >= 0.3 is 0 Å². The molecule has 0 bridgehead atoms. The van der Waals surface area contributed by atoms with Crippen molar-refractivity contribution in [2.45, 2.75) is 26.2 Å². The molecule has 22 heavy (non-hydrogen) atoms. The van der Waals surface area contributed by atoms with Crippen LogP contribution >= 0.6 is 0 Å². The molecule has 0 fully saturated rings. The van der Waals surface area contributed by atoms with Gasteiger partial charge in [-0.3, -0.25) is 10.8 Å². The number of hydrogen-bond donors (Lipinski definition) is 4. The number of allylic oxidation sites excluding steroid dienone is 2. The van der Waals surface area contributed by atoms with E-state index in [0.717, 1.165) is 25.0 Å². The Kier molecular flexibility index (Phi) is 5.17. The molecule has 3 rings (SSSR count). The molecular weight excluding hydrogens is 274 g/mol. The van der Waals surface area contributed by atoms with Gasteiger partial charge in [-0.1, -0.05) is 29.8 Å². The van der Waals surface area contributed by atoms with Gasteiger partial charge in [0, 0.05) is 5.71 Å². The van der Waals surface area contributed by atoms with Gasteiger partial charge in [-0.2, -0.15) is 0 Å².